The van der Waals surface area contributed by atoms with Crippen LogP contribution in [-0.4, -0.2) is 105 Å². The highest BCUT2D eigenvalue weighted by atomic mass is 32.2. The van der Waals surface area contributed by atoms with E-state index in [0.29, 0.717) is 32.7 Å². The second-order valence-corrected chi connectivity index (χ2v) is 10.5. The molecule has 0 aromatic heterocycles. The summed E-state index contributed by atoms with van der Waals surface area (Å²) in [5.74, 6) is -3.76. The molecule has 0 bridgehead atoms. The summed E-state index contributed by atoms with van der Waals surface area (Å²) in [4.78, 5) is 39.3. The largest absolute Gasteiger partial charge is 0.490 e. The Hall–Kier alpha value is -3.07. The summed E-state index contributed by atoms with van der Waals surface area (Å²) in [5.41, 5.74) is 0.692. The van der Waals surface area contributed by atoms with Gasteiger partial charge >= 0.3 is 18.1 Å². The van der Waals surface area contributed by atoms with E-state index in [1.165, 1.54) is 25.0 Å². The summed E-state index contributed by atoms with van der Waals surface area (Å²) in [7, 11) is -3.57. The maximum atomic E-state index is 12.6. The number of anilines is 2. The molecule has 0 aliphatic carbocycles. The zero-order valence-electron chi connectivity index (χ0n) is 20.3. The van der Waals surface area contributed by atoms with Gasteiger partial charge in [-0.3, -0.25) is 14.4 Å². The molecule has 37 heavy (non-hydrogen) atoms. The molecule has 2 aliphatic heterocycles. The number of rotatable bonds is 6. The van der Waals surface area contributed by atoms with Gasteiger partial charge in [0.25, 0.3) is 0 Å². The Bertz CT molecular complexity index is 1070. The number of carboxylic acid groups (broad SMARTS) is 2. The molecular weight excluding hydrogens is 521 g/mol. The van der Waals surface area contributed by atoms with Gasteiger partial charge in [-0.15, -0.1) is 0 Å². The predicted molar refractivity (Wildman–Crippen MR) is 129 cm³/mol. The van der Waals surface area contributed by atoms with E-state index in [-0.39, 0.29) is 17.2 Å². The van der Waals surface area contributed by atoms with Gasteiger partial charge in [0.15, 0.2) is 0 Å². The maximum absolute atomic E-state index is 12.6. The van der Waals surface area contributed by atoms with Crippen molar-refractivity contribution in [2.75, 3.05) is 61.7 Å². The van der Waals surface area contributed by atoms with Crippen LogP contribution in [0, 0.1) is 0 Å². The Morgan fingerprint density at radius 3 is 1.95 bits per heavy atom. The van der Waals surface area contributed by atoms with E-state index < -0.39 is 28.1 Å². The second-order valence-electron chi connectivity index (χ2n) is 8.77. The van der Waals surface area contributed by atoms with Crippen LogP contribution in [0.15, 0.2) is 18.2 Å². The number of halogens is 3. The van der Waals surface area contributed by atoms with Crippen molar-refractivity contribution in [1.82, 2.24) is 9.80 Å². The fourth-order valence-corrected chi connectivity index (χ4v) is 4.55. The van der Waals surface area contributed by atoms with Gasteiger partial charge in [0.05, 0.1) is 24.1 Å². The monoisotopic (exact) mass is 552 g/mol. The minimum Gasteiger partial charge on any atom is -0.478 e. The molecule has 15 heteroatoms. The summed E-state index contributed by atoms with van der Waals surface area (Å²) >= 11 is 0. The molecule has 0 saturated carbocycles. The Kier molecular flexibility index (Phi) is 10.5. The summed E-state index contributed by atoms with van der Waals surface area (Å²) < 4.78 is 56.9. The first-order valence-electron chi connectivity index (χ1n) is 11.6. The smallest absolute Gasteiger partial charge is 0.478 e. The molecule has 0 spiro atoms. The molecule has 2 fully saturated rings. The number of carbonyl (C=O) groups excluding carboxylic acids is 1. The number of nitrogens with zero attached hydrogens (tertiary/aromatic N) is 3. The lowest BCUT2D eigenvalue weighted by molar-refractivity contribution is -0.192. The number of likely N-dealkylation sites (tertiary alicyclic amines) is 1. The van der Waals surface area contributed by atoms with Gasteiger partial charge in [-0.05, 0) is 31.0 Å². The van der Waals surface area contributed by atoms with Gasteiger partial charge in [0, 0.05) is 45.0 Å². The Labute approximate surface area is 212 Å². The number of amides is 1. The third kappa shape index (κ3) is 10.1. The lowest BCUT2D eigenvalue weighted by Crippen LogP contribution is -2.50. The number of alkyl halides is 3. The molecule has 1 aromatic carbocycles. The van der Waals surface area contributed by atoms with Crippen LogP contribution < -0.4 is 9.62 Å². The molecule has 208 valence electrons. The fourth-order valence-electron chi connectivity index (χ4n) is 3.97. The molecule has 2 heterocycles. The van der Waals surface area contributed by atoms with Gasteiger partial charge in [0.2, 0.25) is 15.9 Å². The number of aliphatic carboxylic acids is 1. The molecule has 3 N–H and O–H groups in total. The van der Waals surface area contributed by atoms with Crippen LogP contribution in [-0.2, 0) is 19.6 Å². The topological polar surface area (TPSA) is 148 Å². The zero-order valence-corrected chi connectivity index (χ0v) is 21.1. The van der Waals surface area contributed by atoms with Crippen molar-refractivity contribution in [3.63, 3.8) is 0 Å². The number of piperazine rings is 1. The van der Waals surface area contributed by atoms with Gasteiger partial charge in [-0.1, -0.05) is 12.8 Å². The van der Waals surface area contributed by atoms with Crippen LogP contribution in [0.1, 0.15) is 36.0 Å². The molecule has 1 aromatic rings. The Morgan fingerprint density at radius 2 is 1.49 bits per heavy atom. The number of hydrogen-bond donors (Lipinski definition) is 3. The van der Waals surface area contributed by atoms with E-state index in [4.69, 9.17) is 9.90 Å². The van der Waals surface area contributed by atoms with Crippen molar-refractivity contribution in [1.29, 1.82) is 0 Å². The van der Waals surface area contributed by atoms with Gasteiger partial charge in [0.1, 0.15) is 0 Å². The number of nitrogens with one attached hydrogen (secondary N) is 1. The quantitative estimate of drug-likeness (QED) is 0.481. The number of sulfonamides is 1. The third-order valence-electron chi connectivity index (χ3n) is 5.83. The van der Waals surface area contributed by atoms with Crippen molar-refractivity contribution >= 4 is 39.2 Å². The molecule has 0 radical (unpaired) electrons. The molecular formula is C22H31F3N4O7S. The number of benzene rings is 1. The van der Waals surface area contributed by atoms with Crippen LogP contribution in [0.5, 0.6) is 0 Å². The Morgan fingerprint density at radius 1 is 0.946 bits per heavy atom. The van der Waals surface area contributed by atoms with Crippen LogP contribution in [0.25, 0.3) is 0 Å². The minimum atomic E-state index is -5.08. The first-order chi connectivity index (χ1) is 17.2. The lowest BCUT2D eigenvalue weighted by atomic mass is 10.1. The highest BCUT2D eigenvalue weighted by Gasteiger charge is 2.38. The average Bonchev–Trinajstić information content (AvgIpc) is 3.08. The summed E-state index contributed by atoms with van der Waals surface area (Å²) in [6.07, 6.45) is 0.447. The Balaban J connectivity index is 0.000000604. The van der Waals surface area contributed by atoms with Crippen molar-refractivity contribution < 1.29 is 46.2 Å². The molecule has 11 nitrogen and oxygen atoms in total. The third-order valence-corrected chi connectivity index (χ3v) is 6.42. The summed E-state index contributed by atoms with van der Waals surface area (Å²) in [6, 6.07) is 4.70. The van der Waals surface area contributed by atoms with Crippen molar-refractivity contribution in [2.24, 2.45) is 0 Å². The number of carboxylic acids is 2. The molecule has 0 atom stereocenters. The van der Waals surface area contributed by atoms with Crippen LogP contribution in [0.4, 0.5) is 24.5 Å². The lowest BCUT2D eigenvalue weighted by Gasteiger charge is -2.36. The van der Waals surface area contributed by atoms with E-state index in [0.717, 1.165) is 37.9 Å². The molecule has 3 rings (SSSR count). The van der Waals surface area contributed by atoms with Crippen LogP contribution in [0.3, 0.4) is 0 Å². The molecule has 0 unspecified atom stereocenters. The van der Waals surface area contributed by atoms with Crippen LogP contribution >= 0.6 is 0 Å². The number of hydrogen-bond acceptors (Lipinski definition) is 7. The molecule has 2 aliphatic rings. The van der Waals surface area contributed by atoms with Gasteiger partial charge < -0.3 is 20.0 Å². The summed E-state index contributed by atoms with van der Waals surface area (Å²) in [6.45, 7) is 4.90. The normalized spacial score (nSPS) is 17.3. The SMILES string of the molecule is CS(=O)(=O)Nc1ccc(N2CCN(CC(=O)N3CCCCCC3)CC2)cc1C(=O)O.O=C(O)C(F)(F)F. The van der Waals surface area contributed by atoms with E-state index in [9.17, 15) is 36.3 Å². The first kappa shape index (κ1) is 30.2. The van der Waals surface area contributed by atoms with E-state index in [1.54, 1.807) is 6.07 Å². The van der Waals surface area contributed by atoms with Gasteiger partial charge in [-0.2, -0.15) is 13.2 Å². The highest BCUT2D eigenvalue weighted by molar-refractivity contribution is 7.92. The number of aromatic carboxylic acids is 1. The molecule has 1 amide bonds. The van der Waals surface area contributed by atoms with Crippen molar-refractivity contribution in [2.45, 2.75) is 31.9 Å². The molecule has 2 saturated heterocycles. The first-order valence-corrected chi connectivity index (χ1v) is 13.5. The maximum Gasteiger partial charge on any atom is 0.490 e. The van der Waals surface area contributed by atoms with Crippen LogP contribution in [0.2, 0.25) is 0 Å². The zero-order chi connectivity index (χ0) is 27.8. The standard InChI is InChI=1S/C20H30N4O5S.C2HF3O2/c1-30(28,29)21-18-7-6-16(14-17(18)20(26)27)23-12-10-22(11-13-23)15-19(25)24-8-4-2-3-5-9-24;3-2(4,5)1(6)7/h6-7,14,21H,2-5,8-13,15H2,1H3,(H,26,27);(H,6,7). The van der Waals surface area contributed by atoms with Crippen molar-refractivity contribution in [3.05, 3.63) is 23.8 Å². The van der Waals surface area contributed by atoms with E-state index in [2.05, 4.69) is 14.5 Å². The van der Waals surface area contributed by atoms with Crippen molar-refractivity contribution in [3.8, 4) is 0 Å². The van der Waals surface area contributed by atoms with Gasteiger partial charge in [-0.25, -0.2) is 18.0 Å². The predicted octanol–water partition coefficient (Wildman–Crippen LogP) is 1.91. The highest BCUT2D eigenvalue weighted by Crippen LogP contribution is 2.25. The fraction of sp³-hybridized carbons (Fsp3) is 0.591. The van der Waals surface area contributed by atoms with E-state index >= 15 is 0 Å². The average molecular weight is 553 g/mol. The number of carbonyl (C=O) groups is 3. The second kappa shape index (κ2) is 12.9. The minimum absolute atomic E-state index is 0.0513. The summed E-state index contributed by atoms with van der Waals surface area (Å²) in [5, 5.41) is 16.6. The van der Waals surface area contributed by atoms with E-state index in [1.807, 2.05) is 4.90 Å².